The molecule has 2 heterocycles. The molecular formula is C12H19NO2S. The van der Waals surface area contributed by atoms with E-state index in [-0.39, 0.29) is 12.0 Å². The van der Waals surface area contributed by atoms with Gasteiger partial charge in [-0.3, -0.25) is 4.79 Å². The van der Waals surface area contributed by atoms with Crippen LogP contribution in [-0.4, -0.2) is 47.6 Å². The SMILES string of the molecule is C=CC(=O)N(C[C@H]1CCCO1)[C@H]1CCSC1. The Hall–Kier alpha value is -0.480. The summed E-state index contributed by atoms with van der Waals surface area (Å²) < 4.78 is 5.60. The first-order chi connectivity index (χ1) is 7.81. The van der Waals surface area contributed by atoms with Gasteiger partial charge in [-0.05, 0) is 31.1 Å². The Morgan fingerprint density at radius 3 is 3.00 bits per heavy atom. The molecule has 0 aromatic rings. The van der Waals surface area contributed by atoms with Crippen LogP contribution in [0.4, 0.5) is 0 Å². The van der Waals surface area contributed by atoms with Gasteiger partial charge in [0.05, 0.1) is 6.10 Å². The highest BCUT2D eigenvalue weighted by atomic mass is 32.2. The number of amides is 1. The van der Waals surface area contributed by atoms with Crippen molar-refractivity contribution >= 4 is 17.7 Å². The number of hydrogen-bond donors (Lipinski definition) is 0. The van der Waals surface area contributed by atoms with Crippen LogP contribution in [0.15, 0.2) is 12.7 Å². The molecule has 0 saturated carbocycles. The third-order valence-corrected chi connectivity index (χ3v) is 4.37. The molecule has 2 rings (SSSR count). The Kier molecular flexibility index (Phi) is 4.29. The number of carbonyl (C=O) groups is 1. The van der Waals surface area contributed by atoms with E-state index in [4.69, 9.17) is 4.74 Å². The maximum absolute atomic E-state index is 11.8. The Bertz CT molecular complexity index is 258. The molecule has 3 nitrogen and oxygen atoms in total. The van der Waals surface area contributed by atoms with Gasteiger partial charge < -0.3 is 9.64 Å². The number of rotatable bonds is 4. The van der Waals surface area contributed by atoms with Gasteiger partial charge in [-0.25, -0.2) is 0 Å². The van der Waals surface area contributed by atoms with E-state index >= 15 is 0 Å². The first-order valence-corrected chi connectivity index (χ1v) is 7.09. The summed E-state index contributed by atoms with van der Waals surface area (Å²) in [5, 5.41) is 0. The molecule has 2 fully saturated rings. The highest BCUT2D eigenvalue weighted by molar-refractivity contribution is 7.99. The number of hydrogen-bond acceptors (Lipinski definition) is 3. The molecule has 0 N–H and O–H groups in total. The van der Waals surface area contributed by atoms with Gasteiger partial charge in [0, 0.05) is 24.9 Å². The van der Waals surface area contributed by atoms with Crippen molar-refractivity contribution in [3.05, 3.63) is 12.7 Å². The molecule has 0 aliphatic carbocycles. The van der Waals surface area contributed by atoms with Gasteiger partial charge in [-0.1, -0.05) is 6.58 Å². The van der Waals surface area contributed by atoms with Gasteiger partial charge in [-0.15, -0.1) is 0 Å². The predicted molar refractivity (Wildman–Crippen MR) is 66.6 cm³/mol. The number of thioether (sulfide) groups is 1. The predicted octanol–water partition coefficient (Wildman–Crippen LogP) is 1.69. The Morgan fingerprint density at radius 1 is 1.56 bits per heavy atom. The van der Waals surface area contributed by atoms with Gasteiger partial charge in [0.25, 0.3) is 0 Å². The van der Waals surface area contributed by atoms with Crippen molar-refractivity contribution in [1.29, 1.82) is 0 Å². The summed E-state index contributed by atoms with van der Waals surface area (Å²) in [6.07, 6.45) is 4.99. The van der Waals surface area contributed by atoms with Crippen LogP contribution in [0.3, 0.4) is 0 Å². The molecule has 0 spiro atoms. The second-order valence-corrected chi connectivity index (χ2v) is 5.50. The molecule has 0 aromatic heterocycles. The fraction of sp³-hybridized carbons (Fsp3) is 0.750. The van der Waals surface area contributed by atoms with E-state index in [0.717, 1.165) is 43.9 Å². The lowest BCUT2D eigenvalue weighted by molar-refractivity contribution is -0.129. The third kappa shape index (κ3) is 2.80. The largest absolute Gasteiger partial charge is 0.376 e. The number of carbonyl (C=O) groups excluding carboxylic acids is 1. The van der Waals surface area contributed by atoms with Crippen LogP contribution in [-0.2, 0) is 9.53 Å². The van der Waals surface area contributed by atoms with Crippen molar-refractivity contribution in [3.63, 3.8) is 0 Å². The Morgan fingerprint density at radius 2 is 2.44 bits per heavy atom. The molecular weight excluding hydrogens is 222 g/mol. The molecule has 0 radical (unpaired) electrons. The summed E-state index contributed by atoms with van der Waals surface area (Å²) in [6.45, 7) is 5.18. The van der Waals surface area contributed by atoms with Crippen LogP contribution in [0.5, 0.6) is 0 Å². The summed E-state index contributed by atoms with van der Waals surface area (Å²) >= 11 is 1.93. The summed E-state index contributed by atoms with van der Waals surface area (Å²) in [4.78, 5) is 13.8. The van der Waals surface area contributed by atoms with E-state index in [1.54, 1.807) is 0 Å². The Labute approximate surface area is 101 Å². The van der Waals surface area contributed by atoms with Gasteiger partial charge in [0.15, 0.2) is 0 Å². The first-order valence-electron chi connectivity index (χ1n) is 5.93. The number of nitrogens with zero attached hydrogens (tertiary/aromatic N) is 1. The van der Waals surface area contributed by atoms with E-state index in [1.165, 1.54) is 6.08 Å². The lowest BCUT2D eigenvalue weighted by Gasteiger charge is -2.29. The summed E-state index contributed by atoms with van der Waals surface area (Å²) in [7, 11) is 0. The molecule has 4 heteroatoms. The van der Waals surface area contributed by atoms with Crippen LogP contribution in [0.25, 0.3) is 0 Å². The summed E-state index contributed by atoms with van der Waals surface area (Å²) in [5.41, 5.74) is 0. The van der Waals surface area contributed by atoms with Crippen molar-refractivity contribution in [2.45, 2.75) is 31.4 Å². The second-order valence-electron chi connectivity index (χ2n) is 4.35. The van der Waals surface area contributed by atoms with E-state index in [2.05, 4.69) is 6.58 Å². The van der Waals surface area contributed by atoms with Gasteiger partial charge >= 0.3 is 0 Å². The van der Waals surface area contributed by atoms with E-state index in [9.17, 15) is 4.79 Å². The molecule has 2 aliphatic heterocycles. The maximum Gasteiger partial charge on any atom is 0.246 e. The minimum Gasteiger partial charge on any atom is -0.376 e. The second kappa shape index (κ2) is 5.73. The lowest BCUT2D eigenvalue weighted by Crippen LogP contribution is -2.43. The fourth-order valence-electron chi connectivity index (χ4n) is 2.31. The molecule has 0 bridgehead atoms. The average Bonchev–Trinajstić information content (AvgIpc) is 2.97. The van der Waals surface area contributed by atoms with Crippen molar-refractivity contribution in [2.24, 2.45) is 0 Å². The zero-order chi connectivity index (χ0) is 11.4. The van der Waals surface area contributed by atoms with Crippen LogP contribution >= 0.6 is 11.8 Å². The van der Waals surface area contributed by atoms with Crippen LogP contribution in [0, 0.1) is 0 Å². The lowest BCUT2D eigenvalue weighted by atomic mass is 10.1. The van der Waals surface area contributed by atoms with E-state index < -0.39 is 0 Å². The standard InChI is InChI=1S/C12H19NO2S/c1-2-12(14)13(10-5-7-16-9-10)8-11-4-3-6-15-11/h2,10-11H,1,3-9H2/t10-,11+/m0/s1. The highest BCUT2D eigenvalue weighted by Crippen LogP contribution is 2.24. The third-order valence-electron chi connectivity index (χ3n) is 3.23. The van der Waals surface area contributed by atoms with Crippen molar-refractivity contribution in [1.82, 2.24) is 4.90 Å². The molecule has 2 atom stereocenters. The van der Waals surface area contributed by atoms with Gasteiger partial charge in [0.2, 0.25) is 5.91 Å². The molecule has 2 saturated heterocycles. The smallest absolute Gasteiger partial charge is 0.246 e. The van der Waals surface area contributed by atoms with Crippen LogP contribution in [0.1, 0.15) is 19.3 Å². The molecule has 2 aliphatic rings. The maximum atomic E-state index is 11.8. The van der Waals surface area contributed by atoms with Crippen molar-refractivity contribution < 1.29 is 9.53 Å². The fourth-order valence-corrected chi connectivity index (χ4v) is 3.54. The van der Waals surface area contributed by atoms with Crippen LogP contribution < -0.4 is 0 Å². The molecule has 1 amide bonds. The average molecular weight is 241 g/mol. The Balaban J connectivity index is 1.95. The van der Waals surface area contributed by atoms with E-state index in [1.807, 2.05) is 16.7 Å². The topological polar surface area (TPSA) is 29.5 Å². The summed E-state index contributed by atoms with van der Waals surface area (Å²) in [6, 6.07) is 0.389. The molecule has 16 heavy (non-hydrogen) atoms. The zero-order valence-corrected chi connectivity index (χ0v) is 10.4. The zero-order valence-electron chi connectivity index (χ0n) is 9.56. The minimum absolute atomic E-state index is 0.0583. The molecule has 0 aromatic carbocycles. The van der Waals surface area contributed by atoms with Crippen LogP contribution in [0.2, 0.25) is 0 Å². The molecule has 0 unspecified atom stereocenters. The molecule has 90 valence electrons. The minimum atomic E-state index is 0.0583. The normalized spacial score (nSPS) is 29.2. The first kappa shape index (κ1) is 12.0. The number of ether oxygens (including phenoxy) is 1. The highest BCUT2D eigenvalue weighted by Gasteiger charge is 2.29. The quantitative estimate of drug-likeness (QED) is 0.701. The van der Waals surface area contributed by atoms with Crippen molar-refractivity contribution in [3.8, 4) is 0 Å². The van der Waals surface area contributed by atoms with Crippen molar-refractivity contribution in [2.75, 3.05) is 24.7 Å². The van der Waals surface area contributed by atoms with E-state index in [0.29, 0.717) is 6.04 Å². The van der Waals surface area contributed by atoms with Gasteiger partial charge in [-0.2, -0.15) is 11.8 Å². The summed E-state index contributed by atoms with van der Waals surface area (Å²) in [5.74, 6) is 2.28. The monoisotopic (exact) mass is 241 g/mol. The van der Waals surface area contributed by atoms with Gasteiger partial charge in [0.1, 0.15) is 0 Å².